The van der Waals surface area contributed by atoms with Crippen LogP contribution in [0.4, 0.5) is 0 Å². The van der Waals surface area contributed by atoms with E-state index in [1.54, 1.807) is 0 Å². The van der Waals surface area contributed by atoms with Crippen molar-refractivity contribution in [2.75, 3.05) is 39.6 Å². The molecule has 0 aliphatic rings. The molecule has 0 aromatic carbocycles. The van der Waals surface area contributed by atoms with Crippen molar-refractivity contribution in [3.63, 3.8) is 0 Å². The number of phosphoric ester groups is 2. The zero-order valence-corrected chi connectivity index (χ0v) is 69.0. The molecular weight excluding hydrogens is 1330 g/mol. The van der Waals surface area contributed by atoms with Crippen LogP contribution in [-0.2, 0) is 65.4 Å². The summed E-state index contributed by atoms with van der Waals surface area (Å²) in [4.78, 5) is 73.0. The molecule has 8 atom stereocenters. The number of carbonyl (C=O) groups is 4. The summed E-state index contributed by atoms with van der Waals surface area (Å²) in [5, 5.41) is 10.6. The molecule has 0 heterocycles. The number of hydrogen-bond acceptors (Lipinski definition) is 15. The fraction of sp³-hybridized carbons (Fsp3) is 0.952. The van der Waals surface area contributed by atoms with Crippen LogP contribution < -0.4 is 0 Å². The van der Waals surface area contributed by atoms with Gasteiger partial charge in [-0.15, -0.1) is 0 Å². The highest BCUT2D eigenvalue weighted by atomic mass is 31.2. The molecule has 0 saturated heterocycles. The molecule has 3 N–H and O–H groups in total. The zero-order valence-electron chi connectivity index (χ0n) is 67.2. The van der Waals surface area contributed by atoms with Gasteiger partial charge >= 0.3 is 39.5 Å². The fourth-order valence-corrected chi connectivity index (χ4v) is 14.3. The van der Waals surface area contributed by atoms with Gasteiger partial charge in [0.15, 0.2) is 12.2 Å². The van der Waals surface area contributed by atoms with Gasteiger partial charge in [0.2, 0.25) is 0 Å². The van der Waals surface area contributed by atoms with E-state index in [0.29, 0.717) is 31.6 Å². The second kappa shape index (κ2) is 72.0. The molecule has 0 rings (SSSR count). The van der Waals surface area contributed by atoms with E-state index in [-0.39, 0.29) is 25.7 Å². The Balaban J connectivity index is 5.17. The third kappa shape index (κ3) is 72.3. The average Bonchev–Trinajstić information content (AvgIpc) is 0.910. The van der Waals surface area contributed by atoms with E-state index in [1.165, 1.54) is 225 Å². The number of carbonyl (C=O) groups excluding carboxylic acids is 4. The van der Waals surface area contributed by atoms with Gasteiger partial charge in [-0.05, 0) is 49.4 Å². The molecule has 0 aliphatic carbocycles. The summed E-state index contributed by atoms with van der Waals surface area (Å²) in [6, 6.07) is 0. The van der Waals surface area contributed by atoms with Crippen LogP contribution in [0.5, 0.6) is 0 Å². The number of phosphoric acid groups is 2. The summed E-state index contributed by atoms with van der Waals surface area (Å²) in [7, 11) is -9.92. The molecule has 0 amide bonds. The van der Waals surface area contributed by atoms with Crippen molar-refractivity contribution in [2.45, 2.75) is 446 Å². The van der Waals surface area contributed by atoms with Crippen molar-refractivity contribution in [1.29, 1.82) is 0 Å². The second-order valence-corrected chi connectivity index (χ2v) is 34.0. The number of aliphatic hydroxyl groups is 1. The second-order valence-electron chi connectivity index (χ2n) is 31.1. The number of unbranched alkanes of at least 4 members (excludes halogenated alkanes) is 43. The first kappa shape index (κ1) is 100. The van der Waals surface area contributed by atoms with Gasteiger partial charge in [-0.1, -0.05) is 376 Å². The van der Waals surface area contributed by atoms with E-state index in [9.17, 15) is 43.2 Å². The SMILES string of the molecule is CCC(C)CCCCCCCCCCCCCCCCCCCCC(=O)O[C@H](COC(=O)CCCCCCCCCC(C)C)COP(=O)(O)OCC(O)COP(=O)(O)OC[C@@H](COC(=O)CCCCCCCCCCCCCCCCC(C)CC)OC(=O)CCCCCCCCCCC(C)CC. The van der Waals surface area contributed by atoms with Crippen LogP contribution in [-0.4, -0.2) is 96.7 Å². The van der Waals surface area contributed by atoms with Gasteiger partial charge in [0.1, 0.15) is 19.3 Å². The summed E-state index contributed by atoms with van der Waals surface area (Å²) in [5.74, 6) is 1.08. The number of ether oxygens (including phenoxy) is 4. The van der Waals surface area contributed by atoms with Gasteiger partial charge in [0.25, 0.3) is 0 Å². The third-order valence-corrected chi connectivity index (χ3v) is 22.3. The molecule has 19 heteroatoms. The highest BCUT2D eigenvalue weighted by Crippen LogP contribution is 2.45. The molecule has 0 aliphatic heterocycles. The number of esters is 4. The molecule has 0 saturated carbocycles. The van der Waals surface area contributed by atoms with Crippen molar-refractivity contribution in [3.05, 3.63) is 0 Å². The third-order valence-electron chi connectivity index (χ3n) is 20.4. The summed E-state index contributed by atoms with van der Waals surface area (Å²) in [5.41, 5.74) is 0. The molecule has 606 valence electrons. The van der Waals surface area contributed by atoms with Crippen LogP contribution in [0, 0.1) is 23.7 Å². The predicted molar refractivity (Wildman–Crippen MR) is 418 cm³/mol. The topological polar surface area (TPSA) is 237 Å². The Labute approximate surface area is 626 Å². The van der Waals surface area contributed by atoms with E-state index in [0.717, 1.165) is 114 Å². The van der Waals surface area contributed by atoms with Gasteiger partial charge < -0.3 is 33.8 Å². The van der Waals surface area contributed by atoms with Crippen LogP contribution in [0.15, 0.2) is 0 Å². The first-order chi connectivity index (χ1) is 49.2. The van der Waals surface area contributed by atoms with Crippen molar-refractivity contribution < 1.29 is 80.2 Å². The molecule has 0 aromatic rings. The van der Waals surface area contributed by atoms with Crippen LogP contribution in [0.3, 0.4) is 0 Å². The van der Waals surface area contributed by atoms with Crippen molar-refractivity contribution >= 4 is 39.5 Å². The van der Waals surface area contributed by atoms with E-state index in [4.69, 9.17) is 37.0 Å². The van der Waals surface area contributed by atoms with Gasteiger partial charge in [0.05, 0.1) is 26.4 Å². The van der Waals surface area contributed by atoms with Crippen LogP contribution in [0.25, 0.3) is 0 Å². The minimum Gasteiger partial charge on any atom is -0.462 e. The molecule has 102 heavy (non-hydrogen) atoms. The summed E-state index contributed by atoms with van der Waals surface area (Å²) in [6.07, 6.45) is 59.7. The Kier molecular flexibility index (Phi) is 70.6. The molecule has 0 spiro atoms. The zero-order chi connectivity index (χ0) is 75.3. The van der Waals surface area contributed by atoms with E-state index < -0.39 is 97.5 Å². The first-order valence-corrected chi connectivity index (χ1v) is 45.8. The van der Waals surface area contributed by atoms with Gasteiger partial charge in [-0.25, -0.2) is 9.13 Å². The predicted octanol–water partition coefficient (Wildman–Crippen LogP) is 24.8. The van der Waals surface area contributed by atoms with Gasteiger partial charge in [-0.3, -0.25) is 37.3 Å². The Morgan fingerprint density at radius 1 is 0.275 bits per heavy atom. The molecule has 0 fully saturated rings. The number of aliphatic hydroxyl groups excluding tert-OH is 1. The summed E-state index contributed by atoms with van der Waals surface area (Å²) < 4.78 is 68.7. The lowest BCUT2D eigenvalue weighted by Gasteiger charge is -2.21. The number of rotatable bonds is 80. The maximum Gasteiger partial charge on any atom is 0.472 e. The number of hydrogen-bond donors (Lipinski definition) is 3. The first-order valence-electron chi connectivity index (χ1n) is 42.8. The summed E-state index contributed by atoms with van der Waals surface area (Å²) >= 11 is 0. The molecule has 6 unspecified atom stereocenters. The Morgan fingerprint density at radius 2 is 0.471 bits per heavy atom. The fourth-order valence-electron chi connectivity index (χ4n) is 12.7. The van der Waals surface area contributed by atoms with Crippen molar-refractivity contribution in [2.24, 2.45) is 23.7 Å². The minimum atomic E-state index is -4.96. The molecule has 0 radical (unpaired) electrons. The monoisotopic (exact) mass is 1490 g/mol. The normalized spacial score (nSPS) is 14.8. The van der Waals surface area contributed by atoms with E-state index in [1.807, 2.05) is 0 Å². The molecule has 0 aromatic heterocycles. The Morgan fingerprint density at radius 3 is 0.696 bits per heavy atom. The lowest BCUT2D eigenvalue weighted by atomic mass is 9.99. The highest BCUT2D eigenvalue weighted by Gasteiger charge is 2.30. The standard InChI is InChI=1S/C83H162O17P2/c1-9-74(6)60-52-44-36-28-24-20-16-14-12-13-15-17-23-27-31-40-49-57-65-82(87)99-79(70-94-81(86)64-56-48-42-34-35-43-51-59-73(4)5)72-98-102(91,92)96-68-77(84)67-95-101(89,90)97-71-78(100-83(88)66-58-50-41-33-32-38-46-54-62-76(8)11-3)69-93-80(85)63-55-47-39-30-26-22-19-18-21-25-29-37-45-53-61-75(7)10-2/h73-79,84H,9-72H2,1-8H3,(H,89,90)(H,91,92)/t74?,75?,76?,77?,78-,79-/m1/s1. The van der Waals surface area contributed by atoms with Crippen molar-refractivity contribution in [1.82, 2.24) is 0 Å². The average molecular weight is 1490 g/mol. The van der Waals surface area contributed by atoms with E-state index in [2.05, 4.69) is 55.4 Å². The van der Waals surface area contributed by atoms with Gasteiger partial charge in [-0.2, -0.15) is 0 Å². The Hall–Kier alpha value is -1.94. The lowest BCUT2D eigenvalue weighted by molar-refractivity contribution is -0.161. The largest absolute Gasteiger partial charge is 0.472 e. The van der Waals surface area contributed by atoms with Crippen LogP contribution in [0.1, 0.15) is 428 Å². The quantitative estimate of drug-likeness (QED) is 0.0222. The Bertz CT molecular complexity index is 1990. The van der Waals surface area contributed by atoms with Crippen LogP contribution in [0.2, 0.25) is 0 Å². The maximum absolute atomic E-state index is 13.1. The van der Waals surface area contributed by atoms with Crippen LogP contribution >= 0.6 is 15.6 Å². The van der Waals surface area contributed by atoms with Gasteiger partial charge in [0, 0.05) is 25.7 Å². The maximum atomic E-state index is 13.1. The van der Waals surface area contributed by atoms with Crippen molar-refractivity contribution in [3.8, 4) is 0 Å². The lowest BCUT2D eigenvalue weighted by Crippen LogP contribution is -2.30. The minimum absolute atomic E-state index is 0.105. The molecular formula is C83H162O17P2. The summed E-state index contributed by atoms with van der Waals surface area (Å²) in [6.45, 7) is 14.3. The molecule has 17 nitrogen and oxygen atoms in total. The highest BCUT2D eigenvalue weighted by molar-refractivity contribution is 7.47. The smallest absolute Gasteiger partial charge is 0.462 e. The van der Waals surface area contributed by atoms with E-state index >= 15 is 0 Å². The molecule has 0 bridgehead atoms.